The van der Waals surface area contributed by atoms with E-state index in [1.54, 1.807) is 6.07 Å². The molecule has 1 aromatic carbocycles. The first kappa shape index (κ1) is 15.7. The maximum Gasteiger partial charge on any atom is 0.355 e. The molecular weight excluding hydrogens is 310 g/mol. The van der Waals surface area contributed by atoms with Crippen molar-refractivity contribution in [2.75, 3.05) is 0 Å². The zero-order valence-electron chi connectivity index (χ0n) is 13.2. The molecule has 122 valence electrons. The topological polar surface area (TPSA) is 89.4 Å². The van der Waals surface area contributed by atoms with Crippen LogP contribution in [-0.4, -0.2) is 16.7 Å². The minimum absolute atomic E-state index is 0.0710. The van der Waals surface area contributed by atoms with Crippen molar-refractivity contribution in [1.29, 1.82) is 0 Å². The highest BCUT2D eigenvalue weighted by molar-refractivity contribution is 5.97. The van der Waals surface area contributed by atoms with Crippen LogP contribution in [0, 0.1) is 6.92 Å². The molecule has 0 fully saturated rings. The lowest BCUT2D eigenvalue weighted by atomic mass is 10.1. The number of fused-ring (bicyclic) bond motifs is 1. The van der Waals surface area contributed by atoms with Crippen LogP contribution in [-0.2, 0) is 11.3 Å². The summed E-state index contributed by atoms with van der Waals surface area (Å²) >= 11 is 0. The van der Waals surface area contributed by atoms with Crippen molar-refractivity contribution in [1.82, 2.24) is 4.98 Å². The van der Waals surface area contributed by atoms with Gasteiger partial charge in [0.1, 0.15) is 17.9 Å². The van der Waals surface area contributed by atoms with E-state index in [-0.39, 0.29) is 18.1 Å². The number of esters is 1. The molecule has 2 heterocycles. The Bertz CT molecular complexity index is 996. The van der Waals surface area contributed by atoms with Crippen LogP contribution in [0.2, 0.25) is 0 Å². The van der Waals surface area contributed by atoms with Crippen molar-refractivity contribution in [3.05, 3.63) is 69.3 Å². The Kier molecular flexibility index (Phi) is 4.04. The summed E-state index contributed by atoms with van der Waals surface area (Å²) in [6.07, 6.45) is 1.45. The van der Waals surface area contributed by atoms with Gasteiger partial charge in [0, 0.05) is 28.8 Å². The van der Waals surface area contributed by atoms with Crippen LogP contribution >= 0.6 is 0 Å². The van der Waals surface area contributed by atoms with Crippen LogP contribution in [0.4, 0.5) is 0 Å². The molecule has 0 bridgehead atoms. The van der Waals surface area contributed by atoms with E-state index in [1.807, 2.05) is 19.1 Å². The van der Waals surface area contributed by atoms with Gasteiger partial charge in [-0.15, -0.1) is 0 Å². The summed E-state index contributed by atoms with van der Waals surface area (Å²) in [6.45, 7) is 3.23. The minimum atomic E-state index is -0.601. The van der Waals surface area contributed by atoms with E-state index >= 15 is 0 Å². The van der Waals surface area contributed by atoms with E-state index in [9.17, 15) is 14.4 Å². The molecular formula is C18H15NO5. The second kappa shape index (κ2) is 6.16. The van der Waals surface area contributed by atoms with Crippen LogP contribution in [0.1, 0.15) is 38.9 Å². The number of benzene rings is 1. The predicted octanol–water partition coefficient (Wildman–Crippen LogP) is 2.99. The fraction of sp³-hybridized carbons (Fsp3) is 0.167. The minimum Gasteiger partial charge on any atom is -0.456 e. The summed E-state index contributed by atoms with van der Waals surface area (Å²) in [6, 6.07) is 8.20. The normalized spacial score (nSPS) is 10.8. The number of aromatic nitrogens is 1. The van der Waals surface area contributed by atoms with Gasteiger partial charge in [-0.25, -0.2) is 9.59 Å². The highest BCUT2D eigenvalue weighted by atomic mass is 16.5. The third-order valence-electron chi connectivity index (χ3n) is 3.65. The number of aryl methyl sites for hydroxylation is 1. The number of ketones is 1. The summed E-state index contributed by atoms with van der Waals surface area (Å²) in [4.78, 5) is 37.7. The Morgan fingerprint density at radius 2 is 2.00 bits per heavy atom. The molecule has 6 nitrogen and oxygen atoms in total. The van der Waals surface area contributed by atoms with Crippen molar-refractivity contribution in [2.24, 2.45) is 0 Å². The first-order chi connectivity index (χ1) is 11.4. The molecule has 2 aromatic heterocycles. The van der Waals surface area contributed by atoms with E-state index in [2.05, 4.69) is 4.98 Å². The Morgan fingerprint density at radius 3 is 2.71 bits per heavy atom. The third-order valence-corrected chi connectivity index (χ3v) is 3.65. The zero-order valence-corrected chi connectivity index (χ0v) is 13.2. The number of rotatable bonds is 4. The van der Waals surface area contributed by atoms with Crippen molar-refractivity contribution >= 4 is 22.7 Å². The molecule has 0 radical (unpaired) electrons. The molecule has 0 aliphatic carbocycles. The van der Waals surface area contributed by atoms with E-state index in [4.69, 9.17) is 9.15 Å². The van der Waals surface area contributed by atoms with E-state index in [1.165, 1.54) is 25.3 Å². The van der Waals surface area contributed by atoms with Crippen molar-refractivity contribution in [3.63, 3.8) is 0 Å². The average molecular weight is 325 g/mol. The maximum absolute atomic E-state index is 12.1. The average Bonchev–Trinajstić information content (AvgIpc) is 3.02. The lowest BCUT2D eigenvalue weighted by Crippen LogP contribution is -2.08. The van der Waals surface area contributed by atoms with Crippen molar-refractivity contribution in [2.45, 2.75) is 20.5 Å². The van der Waals surface area contributed by atoms with Gasteiger partial charge in [0.15, 0.2) is 5.78 Å². The second-order valence-electron chi connectivity index (χ2n) is 5.52. The lowest BCUT2D eigenvalue weighted by molar-refractivity contribution is 0.0467. The maximum atomic E-state index is 12.1. The van der Waals surface area contributed by atoms with Crippen molar-refractivity contribution in [3.8, 4) is 0 Å². The number of hydrogen-bond acceptors (Lipinski definition) is 5. The first-order valence-corrected chi connectivity index (χ1v) is 7.34. The van der Waals surface area contributed by atoms with Crippen LogP contribution in [0.15, 0.2) is 45.7 Å². The molecule has 0 unspecified atom stereocenters. The zero-order chi connectivity index (χ0) is 17.3. The highest BCUT2D eigenvalue weighted by Gasteiger charge is 2.14. The fourth-order valence-corrected chi connectivity index (χ4v) is 2.39. The molecule has 6 heteroatoms. The number of ether oxygens (including phenoxy) is 1. The van der Waals surface area contributed by atoms with Gasteiger partial charge in [0.25, 0.3) is 0 Å². The quantitative estimate of drug-likeness (QED) is 0.452. The smallest absolute Gasteiger partial charge is 0.355 e. The van der Waals surface area contributed by atoms with Gasteiger partial charge in [0.2, 0.25) is 0 Å². The molecule has 0 atom stereocenters. The molecule has 0 spiro atoms. The molecule has 3 aromatic rings. The standard InChI is InChI=1S/C18H15NO5/c1-10-3-4-14-13(7-17(21)24-16(14)5-10)9-23-18(22)15-6-12(8-19-15)11(2)20/h3-8,19H,9H2,1-2H3. The van der Waals surface area contributed by atoms with Crippen molar-refractivity contribution < 1.29 is 18.7 Å². The molecule has 3 rings (SSSR count). The van der Waals surface area contributed by atoms with Crippen LogP contribution in [0.3, 0.4) is 0 Å². The molecule has 0 amide bonds. The number of aromatic amines is 1. The van der Waals surface area contributed by atoms with Gasteiger partial charge in [-0.1, -0.05) is 12.1 Å². The predicted molar refractivity (Wildman–Crippen MR) is 87.1 cm³/mol. The summed E-state index contributed by atoms with van der Waals surface area (Å²) in [5.74, 6) is -0.747. The summed E-state index contributed by atoms with van der Waals surface area (Å²) in [7, 11) is 0. The Morgan fingerprint density at radius 1 is 1.21 bits per heavy atom. The molecule has 0 aliphatic rings. The third kappa shape index (κ3) is 3.12. The van der Waals surface area contributed by atoms with Crippen LogP contribution in [0.25, 0.3) is 11.0 Å². The lowest BCUT2D eigenvalue weighted by Gasteiger charge is -2.07. The number of carbonyl (C=O) groups is 2. The van der Waals surface area contributed by atoms with E-state index < -0.39 is 11.6 Å². The van der Waals surface area contributed by atoms with Gasteiger partial charge in [-0.3, -0.25) is 4.79 Å². The van der Waals surface area contributed by atoms with Gasteiger partial charge in [-0.2, -0.15) is 0 Å². The molecule has 1 N–H and O–H groups in total. The number of nitrogens with one attached hydrogen (secondary N) is 1. The SMILES string of the molecule is CC(=O)c1c[nH]c(C(=O)OCc2cc(=O)oc3cc(C)ccc23)c1. The summed E-state index contributed by atoms with van der Waals surface area (Å²) in [5.41, 5.74) is 2.06. The largest absolute Gasteiger partial charge is 0.456 e. The molecule has 0 saturated carbocycles. The number of Topliss-reactive ketones (excluding diaryl/α,β-unsaturated/α-hetero) is 1. The van der Waals surface area contributed by atoms with Crippen LogP contribution in [0.5, 0.6) is 0 Å². The Labute approximate surface area is 137 Å². The number of H-pyrrole nitrogens is 1. The summed E-state index contributed by atoms with van der Waals surface area (Å²) in [5, 5.41) is 0.712. The monoisotopic (exact) mass is 325 g/mol. The number of carbonyl (C=O) groups excluding carboxylic acids is 2. The number of hydrogen-bond donors (Lipinski definition) is 1. The van der Waals surface area contributed by atoms with Gasteiger partial charge < -0.3 is 14.1 Å². The summed E-state index contributed by atoms with van der Waals surface area (Å²) < 4.78 is 10.4. The van der Waals surface area contributed by atoms with E-state index in [0.717, 1.165) is 5.56 Å². The van der Waals surface area contributed by atoms with Gasteiger partial charge in [-0.05, 0) is 31.5 Å². The highest BCUT2D eigenvalue weighted by Crippen LogP contribution is 2.19. The van der Waals surface area contributed by atoms with Gasteiger partial charge in [0.05, 0.1) is 0 Å². The Balaban J connectivity index is 1.83. The fourth-order valence-electron chi connectivity index (χ4n) is 2.39. The van der Waals surface area contributed by atoms with Gasteiger partial charge >= 0.3 is 11.6 Å². The Hall–Kier alpha value is -3.15. The first-order valence-electron chi connectivity index (χ1n) is 7.34. The van der Waals surface area contributed by atoms with Crippen LogP contribution < -0.4 is 5.63 Å². The van der Waals surface area contributed by atoms with E-state index in [0.29, 0.717) is 22.1 Å². The molecule has 0 aliphatic heterocycles. The molecule has 0 saturated heterocycles. The molecule has 24 heavy (non-hydrogen) atoms. The second-order valence-corrected chi connectivity index (χ2v) is 5.52.